The van der Waals surface area contributed by atoms with Gasteiger partial charge in [-0.15, -0.1) is 11.3 Å². The van der Waals surface area contributed by atoms with Crippen LogP contribution in [0.4, 0.5) is 15.8 Å². The van der Waals surface area contributed by atoms with E-state index in [0.29, 0.717) is 16.8 Å². The molecule has 1 aromatic heterocycles. The summed E-state index contributed by atoms with van der Waals surface area (Å²) in [6, 6.07) is 10.0. The predicted octanol–water partition coefficient (Wildman–Crippen LogP) is 3.84. The molecule has 4 rings (SSSR count). The average molecular weight is 311 g/mol. The number of anilines is 2. The fraction of sp³-hybridized carbons (Fsp3) is 0. The minimum atomic E-state index is -0.368. The number of carbonyl (C=O) groups excluding carboxylic acids is 1. The van der Waals surface area contributed by atoms with E-state index in [2.05, 4.69) is 15.6 Å². The first-order valence-electron chi connectivity index (χ1n) is 6.62. The van der Waals surface area contributed by atoms with Gasteiger partial charge in [-0.25, -0.2) is 9.37 Å². The number of amides is 1. The summed E-state index contributed by atoms with van der Waals surface area (Å²) in [5.74, 6) is -0.612. The summed E-state index contributed by atoms with van der Waals surface area (Å²) in [4.78, 5) is 16.2. The Balaban J connectivity index is 1.68. The van der Waals surface area contributed by atoms with Crippen molar-refractivity contribution < 1.29 is 9.18 Å². The van der Waals surface area contributed by atoms with Gasteiger partial charge in [-0.3, -0.25) is 4.79 Å². The van der Waals surface area contributed by atoms with Crippen LogP contribution in [0, 0.1) is 5.82 Å². The molecule has 0 aliphatic carbocycles. The molecule has 2 N–H and O–H groups in total. The number of hydrogen-bond acceptors (Lipinski definition) is 4. The molecule has 4 nitrogen and oxygen atoms in total. The molecule has 0 fully saturated rings. The molecule has 3 aromatic rings. The monoisotopic (exact) mass is 311 g/mol. The first kappa shape index (κ1) is 13.0. The fourth-order valence-electron chi connectivity index (χ4n) is 2.40. The second kappa shape index (κ2) is 4.92. The number of aromatic nitrogens is 1. The van der Waals surface area contributed by atoms with Crippen LogP contribution in [0.2, 0.25) is 0 Å². The van der Waals surface area contributed by atoms with Gasteiger partial charge in [0, 0.05) is 23.1 Å². The molecular weight excluding hydrogens is 301 g/mol. The van der Waals surface area contributed by atoms with E-state index in [1.54, 1.807) is 29.1 Å². The molecule has 0 saturated heterocycles. The molecule has 1 aliphatic rings. The minimum absolute atomic E-state index is 0.244. The Morgan fingerprint density at radius 2 is 2.14 bits per heavy atom. The maximum absolute atomic E-state index is 13.4. The lowest BCUT2D eigenvalue weighted by molar-refractivity contribution is -0.110. The Labute approximate surface area is 129 Å². The maximum atomic E-state index is 13.4. The number of benzene rings is 2. The third kappa shape index (κ3) is 2.14. The van der Waals surface area contributed by atoms with Crippen LogP contribution in [0.1, 0.15) is 5.56 Å². The first-order chi connectivity index (χ1) is 10.7. The van der Waals surface area contributed by atoms with Crippen LogP contribution in [0.25, 0.3) is 15.8 Å². The lowest BCUT2D eigenvalue weighted by Crippen LogP contribution is -2.05. The Morgan fingerprint density at radius 1 is 1.23 bits per heavy atom. The van der Waals surface area contributed by atoms with E-state index in [9.17, 15) is 9.18 Å². The van der Waals surface area contributed by atoms with Crippen LogP contribution < -0.4 is 10.6 Å². The zero-order chi connectivity index (χ0) is 15.1. The average Bonchev–Trinajstić information content (AvgIpc) is 3.08. The quantitative estimate of drug-likeness (QED) is 0.707. The molecule has 22 heavy (non-hydrogen) atoms. The van der Waals surface area contributed by atoms with Crippen LogP contribution >= 0.6 is 11.3 Å². The first-order valence-corrected chi connectivity index (χ1v) is 7.50. The highest BCUT2D eigenvalue weighted by molar-refractivity contribution is 7.16. The molecule has 2 aromatic carbocycles. The molecule has 1 amide bonds. The number of fused-ring (bicyclic) bond motifs is 2. The number of hydrogen-bond donors (Lipinski definition) is 2. The molecule has 0 bridgehead atoms. The number of nitrogens with one attached hydrogen (secondary N) is 2. The van der Waals surface area contributed by atoms with Gasteiger partial charge < -0.3 is 10.6 Å². The lowest BCUT2D eigenvalue weighted by Gasteiger charge is -2.03. The van der Waals surface area contributed by atoms with Crippen molar-refractivity contribution in [1.29, 1.82) is 0 Å². The molecule has 6 heteroatoms. The minimum Gasteiger partial charge on any atom is -0.361 e. The summed E-state index contributed by atoms with van der Waals surface area (Å²) in [6.07, 6.45) is 1.60. The second-order valence-corrected chi connectivity index (χ2v) is 5.77. The number of nitrogens with zero attached hydrogens (tertiary/aromatic N) is 1. The van der Waals surface area contributed by atoms with Crippen molar-refractivity contribution in [3.63, 3.8) is 0 Å². The van der Waals surface area contributed by atoms with Crippen molar-refractivity contribution in [2.24, 2.45) is 0 Å². The van der Waals surface area contributed by atoms with E-state index in [-0.39, 0.29) is 11.7 Å². The van der Waals surface area contributed by atoms with E-state index < -0.39 is 0 Å². The van der Waals surface area contributed by atoms with Crippen molar-refractivity contribution in [2.75, 3.05) is 10.6 Å². The lowest BCUT2D eigenvalue weighted by atomic mass is 10.1. The van der Waals surface area contributed by atoms with E-state index in [1.165, 1.54) is 12.1 Å². The zero-order valence-corrected chi connectivity index (χ0v) is 12.1. The molecule has 0 atom stereocenters. The van der Waals surface area contributed by atoms with Crippen molar-refractivity contribution in [3.05, 3.63) is 59.5 Å². The smallest absolute Gasteiger partial charge is 0.257 e. The van der Waals surface area contributed by atoms with Crippen molar-refractivity contribution in [3.8, 4) is 0 Å². The highest BCUT2D eigenvalue weighted by atomic mass is 32.1. The molecule has 0 radical (unpaired) electrons. The van der Waals surface area contributed by atoms with E-state index in [0.717, 1.165) is 15.9 Å². The van der Waals surface area contributed by atoms with Gasteiger partial charge in [-0.05, 0) is 36.4 Å². The van der Waals surface area contributed by atoms with E-state index in [4.69, 9.17) is 0 Å². The van der Waals surface area contributed by atoms with Crippen LogP contribution in [-0.4, -0.2) is 10.9 Å². The SMILES string of the molecule is O=C1Nc2ccc(F)cc2C1=CNc1ccc2ncsc2c1. The van der Waals surface area contributed by atoms with Gasteiger partial charge in [0.25, 0.3) is 5.91 Å². The van der Waals surface area contributed by atoms with Gasteiger partial charge >= 0.3 is 0 Å². The Bertz CT molecular complexity index is 932. The Kier molecular flexibility index (Phi) is 2.90. The van der Waals surface area contributed by atoms with Gasteiger partial charge in [0.2, 0.25) is 0 Å². The highest BCUT2D eigenvalue weighted by Gasteiger charge is 2.24. The summed E-state index contributed by atoms with van der Waals surface area (Å²) in [7, 11) is 0. The number of carbonyl (C=O) groups is 1. The van der Waals surface area contributed by atoms with Crippen LogP contribution in [0.5, 0.6) is 0 Å². The zero-order valence-electron chi connectivity index (χ0n) is 11.3. The Morgan fingerprint density at radius 3 is 3.05 bits per heavy atom. The number of thiazole rings is 1. The van der Waals surface area contributed by atoms with Crippen LogP contribution in [-0.2, 0) is 4.79 Å². The molecule has 2 heterocycles. The van der Waals surface area contributed by atoms with Gasteiger partial charge in [0.05, 0.1) is 21.3 Å². The van der Waals surface area contributed by atoms with E-state index >= 15 is 0 Å². The second-order valence-electron chi connectivity index (χ2n) is 4.88. The van der Waals surface area contributed by atoms with E-state index in [1.807, 2.05) is 18.2 Å². The summed E-state index contributed by atoms with van der Waals surface area (Å²) >= 11 is 1.55. The molecule has 1 aliphatic heterocycles. The third-order valence-electron chi connectivity index (χ3n) is 3.48. The van der Waals surface area contributed by atoms with Crippen LogP contribution in [0.3, 0.4) is 0 Å². The number of rotatable bonds is 2. The Hall–Kier alpha value is -2.73. The topological polar surface area (TPSA) is 54.0 Å². The number of halogens is 1. The largest absolute Gasteiger partial charge is 0.361 e. The predicted molar refractivity (Wildman–Crippen MR) is 86.2 cm³/mol. The third-order valence-corrected chi connectivity index (χ3v) is 4.27. The molecule has 108 valence electrons. The summed E-state index contributed by atoms with van der Waals surface area (Å²) in [5, 5.41) is 5.81. The standard InChI is InChI=1S/C16H10FN3OS/c17-9-1-3-13-11(5-9)12(16(21)20-13)7-18-10-2-4-14-15(6-10)22-8-19-14/h1-8,18H,(H,20,21). The van der Waals surface area contributed by atoms with Gasteiger partial charge in [0.1, 0.15) is 5.82 Å². The van der Waals surface area contributed by atoms with Gasteiger partial charge in [-0.1, -0.05) is 0 Å². The molecule has 0 spiro atoms. The van der Waals surface area contributed by atoms with Crippen molar-refractivity contribution in [1.82, 2.24) is 4.98 Å². The fourth-order valence-corrected chi connectivity index (χ4v) is 3.12. The summed E-state index contributed by atoms with van der Waals surface area (Å²) < 4.78 is 14.4. The summed E-state index contributed by atoms with van der Waals surface area (Å²) in [5.41, 5.74) is 5.18. The summed E-state index contributed by atoms with van der Waals surface area (Å²) in [6.45, 7) is 0. The van der Waals surface area contributed by atoms with Crippen LogP contribution in [0.15, 0.2) is 48.1 Å². The molecule has 0 unspecified atom stereocenters. The maximum Gasteiger partial charge on any atom is 0.257 e. The molecular formula is C16H10FN3OS. The van der Waals surface area contributed by atoms with Crippen molar-refractivity contribution in [2.45, 2.75) is 0 Å². The van der Waals surface area contributed by atoms with Gasteiger partial charge in [0.15, 0.2) is 0 Å². The normalized spacial score (nSPS) is 15.1. The molecule has 0 saturated carbocycles. The van der Waals surface area contributed by atoms with Crippen molar-refractivity contribution >= 4 is 44.4 Å². The van der Waals surface area contributed by atoms with Gasteiger partial charge in [-0.2, -0.15) is 0 Å². The highest BCUT2D eigenvalue weighted by Crippen LogP contribution is 2.32.